The van der Waals surface area contributed by atoms with Gasteiger partial charge in [-0.25, -0.2) is 0 Å². The fourth-order valence-corrected chi connectivity index (χ4v) is 3.25. The highest BCUT2D eigenvalue weighted by Gasteiger charge is 2.20. The summed E-state index contributed by atoms with van der Waals surface area (Å²) in [6.07, 6.45) is 0. The number of likely N-dealkylation sites (N-methyl/N-ethyl adjacent to an activating group) is 1. The molecule has 2 aromatic rings. The van der Waals surface area contributed by atoms with E-state index in [1.54, 1.807) is 24.3 Å². The molecule has 28 heavy (non-hydrogen) atoms. The largest absolute Gasteiger partial charge is 0.484 e. The van der Waals surface area contributed by atoms with E-state index in [0.29, 0.717) is 17.0 Å². The maximum Gasteiger partial charge on any atom is 0.262 e. The van der Waals surface area contributed by atoms with Crippen molar-refractivity contribution < 1.29 is 14.3 Å². The van der Waals surface area contributed by atoms with Crippen LogP contribution in [0.5, 0.6) is 5.75 Å². The van der Waals surface area contributed by atoms with E-state index >= 15 is 0 Å². The predicted octanol–water partition coefficient (Wildman–Crippen LogP) is 2.71. The maximum atomic E-state index is 12.6. The number of hydrogen-bond acceptors (Lipinski definition) is 4. The average Bonchev–Trinajstić information content (AvgIpc) is 2.66. The lowest BCUT2D eigenvalue weighted by molar-refractivity contribution is -0.118. The zero-order chi connectivity index (χ0) is 20.1. The van der Waals surface area contributed by atoms with Crippen LogP contribution >= 0.6 is 0 Å². The third-order valence-electron chi connectivity index (χ3n) is 4.77. The standard InChI is InChI=1S/C22H27N3O3/c1-16-12-17(2)14-20(13-16)28-15-21(26)23-19-6-4-18(5-7-19)22(27)25-10-8-24(3)9-11-25/h4-7,12-14H,8-11,15H2,1-3H3,(H,23,26). The molecule has 1 heterocycles. The molecule has 6 heteroatoms. The molecule has 0 spiro atoms. The fraction of sp³-hybridized carbons (Fsp3) is 0.364. The third kappa shape index (κ3) is 5.33. The summed E-state index contributed by atoms with van der Waals surface area (Å²) >= 11 is 0. The minimum atomic E-state index is -0.239. The van der Waals surface area contributed by atoms with Crippen molar-refractivity contribution in [2.45, 2.75) is 13.8 Å². The van der Waals surface area contributed by atoms with Crippen LogP contribution in [0.1, 0.15) is 21.5 Å². The number of aryl methyl sites for hydroxylation is 2. The van der Waals surface area contributed by atoms with Gasteiger partial charge in [-0.2, -0.15) is 0 Å². The van der Waals surface area contributed by atoms with Gasteiger partial charge >= 0.3 is 0 Å². The van der Waals surface area contributed by atoms with Crippen LogP contribution in [-0.2, 0) is 4.79 Å². The highest BCUT2D eigenvalue weighted by molar-refractivity contribution is 5.96. The number of amides is 2. The first-order valence-electron chi connectivity index (χ1n) is 9.49. The zero-order valence-electron chi connectivity index (χ0n) is 16.7. The molecule has 1 aliphatic rings. The van der Waals surface area contributed by atoms with Gasteiger partial charge in [0.25, 0.3) is 11.8 Å². The van der Waals surface area contributed by atoms with Crippen LogP contribution < -0.4 is 10.1 Å². The Morgan fingerprint density at radius 2 is 1.57 bits per heavy atom. The monoisotopic (exact) mass is 381 g/mol. The molecule has 3 rings (SSSR count). The number of carbonyl (C=O) groups is 2. The molecular formula is C22H27N3O3. The lowest BCUT2D eigenvalue weighted by Crippen LogP contribution is -2.47. The van der Waals surface area contributed by atoms with Gasteiger partial charge in [0.15, 0.2) is 6.61 Å². The maximum absolute atomic E-state index is 12.6. The van der Waals surface area contributed by atoms with E-state index in [0.717, 1.165) is 37.3 Å². The molecule has 1 fully saturated rings. The molecule has 148 valence electrons. The van der Waals surface area contributed by atoms with Gasteiger partial charge in [0, 0.05) is 37.4 Å². The Balaban J connectivity index is 1.52. The molecule has 1 aliphatic heterocycles. The third-order valence-corrected chi connectivity index (χ3v) is 4.77. The van der Waals surface area contributed by atoms with Crippen LogP contribution in [-0.4, -0.2) is 61.4 Å². The van der Waals surface area contributed by atoms with Crippen molar-refractivity contribution >= 4 is 17.5 Å². The van der Waals surface area contributed by atoms with Crippen molar-refractivity contribution in [2.75, 3.05) is 45.2 Å². The van der Waals surface area contributed by atoms with Gasteiger partial charge in [-0.1, -0.05) is 6.07 Å². The summed E-state index contributed by atoms with van der Waals surface area (Å²) in [6, 6.07) is 12.9. The average molecular weight is 381 g/mol. The molecule has 0 unspecified atom stereocenters. The van der Waals surface area contributed by atoms with Crippen LogP contribution in [0.2, 0.25) is 0 Å². The van der Waals surface area contributed by atoms with Crippen molar-refractivity contribution in [1.29, 1.82) is 0 Å². The van der Waals surface area contributed by atoms with Gasteiger partial charge in [0.1, 0.15) is 5.75 Å². The van der Waals surface area contributed by atoms with E-state index in [9.17, 15) is 9.59 Å². The van der Waals surface area contributed by atoms with Gasteiger partial charge in [-0.15, -0.1) is 0 Å². The Morgan fingerprint density at radius 1 is 0.964 bits per heavy atom. The fourth-order valence-electron chi connectivity index (χ4n) is 3.25. The Labute approximate surface area is 166 Å². The Bertz CT molecular complexity index is 820. The number of ether oxygens (including phenoxy) is 1. The number of nitrogens with zero attached hydrogens (tertiary/aromatic N) is 2. The number of nitrogens with one attached hydrogen (secondary N) is 1. The molecule has 0 aromatic heterocycles. The second kappa shape index (κ2) is 8.89. The minimum Gasteiger partial charge on any atom is -0.484 e. The minimum absolute atomic E-state index is 0.0316. The number of piperazine rings is 1. The SMILES string of the molecule is Cc1cc(C)cc(OCC(=O)Nc2ccc(C(=O)N3CCN(C)CC3)cc2)c1. The lowest BCUT2D eigenvalue weighted by Gasteiger charge is -2.32. The summed E-state index contributed by atoms with van der Waals surface area (Å²) in [4.78, 5) is 28.8. The van der Waals surface area contributed by atoms with Crippen molar-refractivity contribution in [1.82, 2.24) is 9.80 Å². The van der Waals surface area contributed by atoms with Crippen LogP contribution in [0, 0.1) is 13.8 Å². The summed E-state index contributed by atoms with van der Waals surface area (Å²) in [5, 5.41) is 2.80. The molecule has 2 aromatic carbocycles. The van der Waals surface area contributed by atoms with Gasteiger partial charge in [0.2, 0.25) is 0 Å². The van der Waals surface area contributed by atoms with Gasteiger partial charge in [0.05, 0.1) is 0 Å². The van der Waals surface area contributed by atoms with Crippen molar-refractivity contribution in [2.24, 2.45) is 0 Å². The van der Waals surface area contributed by atoms with Gasteiger partial charge < -0.3 is 19.9 Å². The lowest BCUT2D eigenvalue weighted by atomic mass is 10.1. The van der Waals surface area contributed by atoms with Crippen molar-refractivity contribution in [3.05, 3.63) is 59.2 Å². The molecule has 0 aliphatic carbocycles. The van der Waals surface area contributed by atoms with Crippen molar-refractivity contribution in [3.63, 3.8) is 0 Å². The summed E-state index contributed by atoms with van der Waals surface area (Å²) in [7, 11) is 2.06. The molecule has 6 nitrogen and oxygen atoms in total. The van der Waals surface area contributed by atoms with Crippen LogP contribution in [0.25, 0.3) is 0 Å². The predicted molar refractivity (Wildman–Crippen MR) is 110 cm³/mol. The molecule has 0 atom stereocenters. The van der Waals surface area contributed by atoms with E-state index in [1.807, 2.05) is 30.9 Å². The van der Waals surface area contributed by atoms with Crippen LogP contribution in [0.15, 0.2) is 42.5 Å². The molecule has 1 N–H and O–H groups in total. The molecule has 2 amide bonds. The number of hydrogen-bond donors (Lipinski definition) is 1. The smallest absolute Gasteiger partial charge is 0.262 e. The number of carbonyl (C=O) groups excluding carboxylic acids is 2. The Hall–Kier alpha value is -2.86. The van der Waals surface area contributed by atoms with Crippen LogP contribution in [0.4, 0.5) is 5.69 Å². The van der Waals surface area contributed by atoms with E-state index in [4.69, 9.17) is 4.74 Å². The first-order chi connectivity index (χ1) is 13.4. The van der Waals surface area contributed by atoms with Gasteiger partial charge in [-0.3, -0.25) is 9.59 Å². The summed E-state index contributed by atoms with van der Waals surface area (Å²) < 4.78 is 5.57. The highest BCUT2D eigenvalue weighted by atomic mass is 16.5. The summed E-state index contributed by atoms with van der Waals surface area (Å²) in [5.74, 6) is 0.474. The second-order valence-electron chi connectivity index (χ2n) is 7.33. The summed E-state index contributed by atoms with van der Waals surface area (Å²) in [5.41, 5.74) is 3.46. The van der Waals surface area contributed by atoms with E-state index in [1.165, 1.54) is 0 Å². The van der Waals surface area contributed by atoms with E-state index in [2.05, 4.69) is 23.3 Å². The molecule has 0 bridgehead atoms. The first-order valence-corrected chi connectivity index (χ1v) is 9.49. The molecule has 0 saturated carbocycles. The highest BCUT2D eigenvalue weighted by Crippen LogP contribution is 2.17. The number of rotatable bonds is 5. The van der Waals surface area contributed by atoms with E-state index in [-0.39, 0.29) is 18.4 Å². The number of benzene rings is 2. The zero-order valence-corrected chi connectivity index (χ0v) is 16.7. The van der Waals surface area contributed by atoms with Crippen molar-refractivity contribution in [3.8, 4) is 5.75 Å². The van der Waals surface area contributed by atoms with Gasteiger partial charge in [-0.05, 0) is 68.4 Å². The Morgan fingerprint density at radius 3 is 2.18 bits per heavy atom. The normalized spacial score (nSPS) is 14.6. The number of anilines is 1. The topological polar surface area (TPSA) is 61.9 Å². The summed E-state index contributed by atoms with van der Waals surface area (Å²) in [6.45, 7) is 7.18. The second-order valence-corrected chi connectivity index (χ2v) is 7.33. The molecule has 1 saturated heterocycles. The molecular weight excluding hydrogens is 354 g/mol. The molecule has 0 radical (unpaired) electrons. The Kier molecular flexibility index (Phi) is 6.31. The van der Waals surface area contributed by atoms with E-state index < -0.39 is 0 Å². The first kappa shape index (κ1) is 19.9. The quantitative estimate of drug-likeness (QED) is 0.865. The van der Waals surface area contributed by atoms with Crippen LogP contribution in [0.3, 0.4) is 0 Å².